The molecule has 0 saturated heterocycles. The summed E-state index contributed by atoms with van der Waals surface area (Å²) >= 11 is 12.3. The van der Waals surface area contributed by atoms with Gasteiger partial charge in [0.1, 0.15) is 11.2 Å². The third-order valence-electron chi connectivity index (χ3n) is 6.00. The van der Waals surface area contributed by atoms with Crippen molar-refractivity contribution in [3.8, 4) is 11.1 Å². The van der Waals surface area contributed by atoms with Crippen molar-refractivity contribution in [1.82, 2.24) is 14.5 Å². The molecule has 1 aliphatic rings. The van der Waals surface area contributed by atoms with E-state index in [1.807, 2.05) is 42.5 Å². The fourth-order valence-corrected chi connectivity index (χ4v) is 4.76. The SMILES string of the molecule is O=C1c2c(-c3ccccc3)c3cccnc3c(=O)n2CCCCN1Cc1ccc(Cl)c(Cl)c1. The zero-order chi connectivity index (χ0) is 22.9. The average molecular weight is 478 g/mol. The molecule has 166 valence electrons. The van der Waals surface area contributed by atoms with Crippen LogP contribution in [0.4, 0.5) is 0 Å². The minimum Gasteiger partial charge on any atom is -0.333 e. The molecule has 5 rings (SSSR count). The van der Waals surface area contributed by atoms with Crippen LogP contribution in [0.2, 0.25) is 10.0 Å². The van der Waals surface area contributed by atoms with Gasteiger partial charge in [-0.05, 0) is 42.2 Å². The molecule has 0 saturated carbocycles. The van der Waals surface area contributed by atoms with Crippen LogP contribution in [0.25, 0.3) is 22.0 Å². The van der Waals surface area contributed by atoms with Crippen LogP contribution in [0.1, 0.15) is 28.9 Å². The van der Waals surface area contributed by atoms with Crippen molar-refractivity contribution in [2.75, 3.05) is 6.54 Å². The van der Waals surface area contributed by atoms with Gasteiger partial charge < -0.3 is 9.47 Å². The molecule has 2 aromatic carbocycles. The molecule has 0 bridgehead atoms. The van der Waals surface area contributed by atoms with E-state index >= 15 is 0 Å². The van der Waals surface area contributed by atoms with E-state index in [-0.39, 0.29) is 11.5 Å². The van der Waals surface area contributed by atoms with E-state index in [2.05, 4.69) is 4.98 Å². The van der Waals surface area contributed by atoms with Gasteiger partial charge in [0.2, 0.25) is 0 Å². The molecule has 0 aliphatic carbocycles. The highest BCUT2D eigenvalue weighted by atomic mass is 35.5. The van der Waals surface area contributed by atoms with Crippen molar-refractivity contribution in [2.45, 2.75) is 25.9 Å². The number of pyridine rings is 2. The summed E-state index contributed by atoms with van der Waals surface area (Å²) in [4.78, 5) is 33.6. The number of halogens is 2. The summed E-state index contributed by atoms with van der Waals surface area (Å²) in [7, 11) is 0. The molecule has 0 radical (unpaired) electrons. The van der Waals surface area contributed by atoms with Crippen molar-refractivity contribution in [3.05, 3.63) is 98.5 Å². The summed E-state index contributed by atoms with van der Waals surface area (Å²) < 4.78 is 1.61. The second-order valence-corrected chi connectivity index (χ2v) is 8.94. The Morgan fingerprint density at radius 3 is 2.45 bits per heavy atom. The Balaban J connectivity index is 1.72. The predicted octanol–water partition coefficient (Wildman–Crippen LogP) is 5.81. The maximum Gasteiger partial charge on any atom is 0.277 e. The molecule has 1 aliphatic heterocycles. The molecule has 0 spiro atoms. The normalized spacial score (nSPS) is 14.1. The van der Waals surface area contributed by atoms with Crippen molar-refractivity contribution in [3.63, 3.8) is 0 Å². The summed E-state index contributed by atoms with van der Waals surface area (Å²) in [5.74, 6) is -0.178. The smallest absolute Gasteiger partial charge is 0.277 e. The third-order valence-corrected chi connectivity index (χ3v) is 6.74. The van der Waals surface area contributed by atoms with E-state index in [0.29, 0.717) is 46.3 Å². The largest absolute Gasteiger partial charge is 0.333 e. The molecule has 5 nitrogen and oxygen atoms in total. The topological polar surface area (TPSA) is 55.2 Å². The van der Waals surface area contributed by atoms with Crippen LogP contribution in [0.15, 0.2) is 71.7 Å². The Hall–Kier alpha value is -3.15. The van der Waals surface area contributed by atoms with E-state index in [0.717, 1.165) is 29.5 Å². The van der Waals surface area contributed by atoms with E-state index in [1.54, 1.807) is 33.9 Å². The molecule has 0 atom stereocenters. The number of amides is 1. The van der Waals surface area contributed by atoms with Gasteiger partial charge in [0.15, 0.2) is 0 Å². The standard InChI is InChI=1S/C26H21Cl2N3O2/c27-20-11-10-17(15-21(20)28)16-30-13-4-5-14-31-24(26(30)33)22(18-7-2-1-3-8-18)19-9-6-12-29-23(19)25(31)32/h1-3,6-12,15H,4-5,13-14,16H2. The quantitative estimate of drug-likeness (QED) is 0.374. The van der Waals surface area contributed by atoms with Crippen molar-refractivity contribution in [2.24, 2.45) is 0 Å². The molecule has 1 amide bonds. The highest BCUT2D eigenvalue weighted by molar-refractivity contribution is 6.42. The fourth-order valence-electron chi connectivity index (χ4n) is 4.44. The molecule has 4 aromatic rings. The third kappa shape index (κ3) is 4.03. The molecular weight excluding hydrogens is 457 g/mol. The van der Waals surface area contributed by atoms with Gasteiger partial charge in [-0.15, -0.1) is 0 Å². The Morgan fingerprint density at radius 2 is 1.67 bits per heavy atom. The lowest BCUT2D eigenvalue weighted by Gasteiger charge is -2.29. The minimum absolute atomic E-state index is 0.178. The number of aromatic nitrogens is 2. The second kappa shape index (κ2) is 9.00. The van der Waals surface area contributed by atoms with Crippen molar-refractivity contribution < 1.29 is 4.79 Å². The molecule has 0 unspecified atom stereocenters. The Kier molecular flexibility index (Phi) is 5.92. The van der Waals surface area contributed by atoms with Crippen molar-refractivity contribution in [1.29, 1.82) is 0 Å². The van der Waals surface area contributed by atoms with E-state index in [4.69, 9.17) is 23.2 Å². The van der Waals surface area contributed by atoms with Crippen LogP contribution in [0.5, 0.6) is 0 Å². The summed E-state index contributed by atoms with van der Waals surface area (Å²) in [6.07, 6.45) is 3.19. The number of carbonyl (C=O) groups is 1. The molecule has 3 heterocycles. The van der Waals surface area contributed by atoms with Gasteiger partial charge in [-0.25, -0.2) is 0 Å². The number of hydrogen-bond acceptors (Lipinski definition) is 3. The predicted molar refractivity (Wildman–Crippen MR) is 132 cm³/mol. The number of nitrogens with zero attached hydrogens (tertiary/aromatic N) is 3. The van der Waals surface area contributed by atoms with Gasteiger partial charge >= 0.3 is 0 Å². The van der Waals surface area contributed by atoms with Gasteiger partial charge in [-0.1, -0.05) is 65.7 Å². The zero-order valence-corrected chi connectivity index (χ0v) is 19.3. The van der Waals surface area contributed by atoms with Crippen LogP contribution < -0.4 is 5.56 Å². The Labute approximate surface area is 201 Å². The first kappa shape index (κ1) is 21.7. The summed E-state index contributed by atoms with van der Waals surface area (Å²) in [5.41, 5.74) is 3.06. The first-order valence-electron chi connectivity index (χ1n) is 10.8. The number of rotatable bonds is 3. The maximum absolute atomic E-state index is 14.0. The minimum atomic E-state index is -0.231. The first-order chi connectivity index (χ1) is 16.0. The zero-order valence-electron chi connectivity index (χ0n) is 17.8. The van der Waals surface area contributed by atoms with Gasteiger partial charge in [-0.3, -0.25) is 14.6 Å². The van der Waals surface area contributed by atoms with Gasteiger partial charge in [-0.2, -0.15) is 0 Å². The number of carbonyl (C=O) groups excluding carboxylic acids is 1. The highest BCUT2D eigenvalue weighted by Gasteiger charge is 2.28. The number of benzene rings is 2. The number of fused-ring (bicyclic) bond motifs is 2. The van der Waals surface area contributed by atoms with Crippen LogP contribution in [0.3, 0.4) is 0 Å². The van der Waals surface area contributed by atoms with E-state index in [9.17, 15) is 9.59 Å². The Bertz CT molecular complexity index is 1420. The second-order valence-electron chi connectivity index (χ2n) is 8.13. The summed E-state index contributed by atoms with van der Waals surface area (Å²) in [5, 5.41) is 1.61. The van der Waals surface area contributed by atoms with Gasteiger partial charge in [0, 0.05) is 36.8 Å². The van der Waals surface area contributed by atoms with Crippen LogP contribution in [-0.2, 0) is 13.1 Å². The summed E-state index contributed by atoms with van der Waals surface area (Å²) in [6, 6.07) is 18.8. The van der Waals surface area contributed by atoms with E-state index in [1.165, 1.54) is 0 Å². The molecular formula is C26H21Cl2N3O2. The Morgan fingerprint density at radius 1 is 0.879 bits per heavy atom. The number of hydrogen-bond donors (Lipinski definition) is 0. The van der Waals surface area contributed by atoms with Crippen LogP contribution in [0, 0.1) is 0 Å². The molecule has 2 aromatic heterocycles. The van der Waals surface area contributed by atoms with Gasteiger partial charge in [0.25, 0.3) is 11.5 Å². The molecule has 7 heteroatoms. The highest BCUT2D eigenvalue weighted by Crippen LogP contribution is 2.32. The molecule has 0 N–H and O–H groups in total. The monoisotopic (exact) mass is 477 g/mol. The lowest BCUT2D eigenvalue weighted by Crippen LogP contribution is -2.39. The fraction of sp³-hybridized carbons (Fsp3) is 0.192. The lowest BCUT2D eigenvalue weighted by atomic mass is 9.97. The maximum atomic E-state index is 14.0. The van der Waals surface area contributed by atoms with E-state index < -0.39 is 0 Å². The first-order valence-corrected chi connectivity index (χ1v) is 11.6. The van der Waals surface area contributed by atoms with Crippen LogP contribution in [-0.4, -0.2) is 26.9 Å². The molecule has 33 heavy (non-hydrogen) atoms. The van der Waals surface area contributed by atoms with Crippen molar-refractivity contribution >= 4 is 40.0 Å². The van der Waals surface area contributed by atoms with Gasteiger partial charge in [0.05, 0.1) is 10.0 Å². The molecule has 0 fully saturated rings. The lowest BCUT2D eigenvalue weighted by molar-refractivity contribution is 0.0718. The average Bonchev–Trinajstić information content (AvgIpc) is 2.83. The van der Waals surface area contributed by atoms with Crippen LogP contribution >= 0.6 is 23.2 Å². The summed E-state index contributed by atoms with van der Waals surface area (Å²) in [6.45, 7) is 1.45.